The second-order valence-electron chi connectivity index (χ2n) is 4.08. The molecule has 1 rings (SSSR count). The molecular formula is C12H19NO2S. The molecule has 0 saturated carbocycles. The highest BCUT2D eigenvalue weighted by molar-refractivity contribution is 7.90. The van der Waals surface area contributed by atoms with E-state index < -0.39 is 9.84 Å². The lowest BCUT2D eigenvalue weighted by Gasteiger charge is -2.08. The zero-order valence-electron chi connectivity index (χ0n) is 9.86. The van der Waals surface area contributed by atoms with Crippen LogP contribution in [-0.2, 0) is 15.6 Å². The topological polar surface area (TPSA) is 60.2 Å². The van der Waals surface area contributed by atoms with Gasteiger partial charge in [0.25, 0.3) is 0 Å². The molecule has 1 aromatic carbocycles. The largest absolute Gasteiger partial charge is 0.399 e. The molecule has 0 atom stereocenters. The quantitative estimate of drug-likeness (QED) is 0.805. The number of anilines is 1. The van der Waals surface area contributed by atoms with Gasteiger partial charge in [-0.3, -0.25) is 0 Å². The van der Waals surface area contributed by atoms with Crippen molar-refractivity contribution in [3.63, 3.8) is 0 Å². The summed E-state index contributed by atoms with van der Waals surface area (Å²) in [6.07, 6.45) is 1.62. The van der Waals surface area contributed by atoms with Crippen LogP contribution in [-0.4, -0.2) is 14.2 Å². The number of sulfone groups is 1. The average molecular weight is 241 g/mol. The molecule has 2 N–H and O–H groups in total. The van der Waals surface area contributed by atoms with Crippen LogP contribution in [0.15, 0.2) is 18.2 Å². The summed E-state index contributed by atoms with van der Waals surface area (Å²) in [5.74, 6) is 0.363. The van der Waals surface area contributed by atoms with Gasteiger partial charge < -0.3 is 5.73 Å². The van der Waals surface area contributed by atoms with Crippen LogP contribution >= 0.6 is 0 Å². The van der Waals surface area contributed by atoms with Gasteiger partial charge in [0.1, 0.15) is 0 Å². The molecule has 90 valence electrons. The molecule has 0 aromatic heterocycles. The van der Waals surface area contributed by atoms with E-state index in [0.717, 1.165) is 24.0 Å². The van der Waals surface area contributed by atoms with E-state index in [4.69, 9.17) is 5.73 Å². The molecule has 0 fully saturated rings. The average Bonchev–Trinajstić information content (AvgIpc) is 2.22. The van der Waals surface area contributed by atoms with E-state index in [1.165, 1.54) is 0 Å². The minimum absolute atomic E-state index is 0.101. The Labute approximate surface area is 97.6 Å². The molecule has 4 heteroatoms. The Bertz CT molecular complexity index is 452. The van der Waals surface area contributed by atoms with Crippen molar-refractivity contribution < 1.29 is 8.42 Å². The highest BCUT2D eigenvalue weighted by atomic mass is 32.2. The summed E-state index contributed by atoms with van der Waals surface area (Å²) in [6.45, 7) is 3.85. The molecule has 0 heterocycles. The smallest absolute Gasteiger partial charge is 0.154 e. The van der Waals surface area contributed by atoms with Gasteiger partial charge in [0.05, 0.1) is 11.5 Å². The predicted octanol–water partition coefficient (Wildman–Crippen LogP) is 2.29. The third kappa shape index (κ3) is 3.52. The Morgan fingerprint density at radius 3 is 2.62 bits per heavy atom. The molecule has 0 aliphatic rings. The van der Waals surface area contributed by atoms with Crippen molar-refractivity contribution in [1.82, 2.24) is 0 Å². The summed E-state index contributed by atoms with van der Waals surface area (Å²) >= 11 is 0. The van der Waals surface area contributed by atoms with Crippen molar-refractivity contribution in [2.75, 3.05) is 11.5 Å². The third-order valence-electron chi connectivity index (χ3n) is 2.67. The molecule has 0 aliphatic carbocycles. The molecule has 0 bridgehead atoms. The molecule has 16 heavy (non-hydrogen) atoms. The summed E-state index contributed by atoms with van der Waals surface area (Å²) < 4.78 is 23.6. The van der Waals surface area contributed by atoms with Gasteiger partial charge in [-0.1, -0.05) is 25.5 Å². The molecule has 1 aromatic rings. The molecule has 0 amide bonds. The summed E-state index contributed by atoms with van der Waals surface area (Å²) in [7, 11) is -2.99. The fourth-order valence-corrected chi connectivity index (χ4v) is 3.19. The number of hydrogen-bond donors (Lipinski definition) is 1. The van der Waals surface area contributed by atoms with Crippen LogP contribution in [0.2, 0.25) is 0 Å². The van der Waals surface area contributed by atoms with Crippen molar-refractivity contribution in [3.05, 3.63) is 29.3 Å². The van der Waals surface area contributed by atoms with Crippen molar-refractivity contribution in [1.29, 1.82) is 0 Å². The number of benzene rings is 1. The molecule has 0 radical (unpaired) electrons. The standard InChI is InChI=1S/C12H19NO2S/c1-3-4-8-16(14,15)9-11-6-5-7-12(13)10(11)2/h5-7H,3-4,8-9,13H2,1-2H3. The van der Waals surface area contributed by atoms with Gasteiger partial charge in [-0.05, 0) is 30.5 Å². The lowest BCUT2D eigenvalue weighted by molar-refractivity contribution is 0.592. The van der Waals surface area contributed by atoms with E-state index in [2.05, 4.69) is 0 Å². The van der Waals surface area contributed by atoms with Gasteiger partial charge in [0.15, 0.2) is 9.84 Å². The summed E-state index contributed by atoms with van der Waals surface area (Å²) in [6, 6.07) is 5.42. The molecule has 0 spiro atoms. The Morgan fingerprint density at radius 1 is 1.31 bits per heavy atom. The number of nitrogens with two attached hydrogens (primary N) is 1. The van der Waals surface area contributed by atoms with Gasteiger partial charge >= 0.3 is 0 Å². The predicted molar refractivity (Wildman–Crippen MR) is 68.0 cm³/mol. The number of nitrogen functional groups attached to an aromatic ring is 1. The Kier molecular flexibility index (Phi) is 4.35. The maximum Gasteiger partial charge on any atom is 0.154 e. The fourth-order valence-electron chi connectivity index (χ4n) is 1.53. The molecule has 3 nitrogen and oxygen atoms in total. The second kappa shape index (κ2) is 5.34. The zero-order chi connectivity index (χ0) is 12.2. The van der Waals surface area contributed by atoms with Crippen molar-refractivity contribution >= 4 is 15.5 Å². The fraction of sp³-hybridized carbons (Fsp3) is 0.500. The Morgan fingerprint density at radius 2 is 2.00 bits per heavy atom. The summed E-state index contributed by atoms with van der Waals surface area (Å²) in [4.78, 5) is 0. The van der Waals surface area contributed by atoms with Crippen LogP contribution in [0.4, 0.5) is 5.69 Å². The van der Waals surface area contributed by atoms with Gasteiger partial charge in [-0.15, -0.1) is 0 Å². The van der Waals surface area contributed by atoms with E-state index >= 15 is 0 Å². The molecule has 0 aliphatic heterocycles. The first-order valence-electron chi connectivity index (χ1n) is 5.50. The number of hydrogen-bond acceptors (Lipinski definition) is 3. The summed E-state index contributed by atoms with van der Waals surface area (Å²) in [5.41, 5.74) is 8.09. The lowest BCUT2D eigenvalue weighted by Crippen LogP contribution is -2.10. The van der Waals surface area contributed by atoms with E-state index in [1.807, 2.05) is 19.9 Å². The maximum absolute atomic E-state index is 11.8. The van der Waals surface area contributed by atoms with Crippen LogP contribution in [0, 0.1) is 6.92 Å². The Balaban J connectivity index is 2.84. The highest BCUT2D eigenvalue weighted by Gasteiger charge is 2.13. The number of rotatable bonds is 5. The van der Waals surface area contributed by atoms with Gasteiger partial charge in [0.2, 0.25) is 0 Å². The SMILES string of the molecule is CCCCS(=O)(=O)Cc1cccc(N)c1C. The Hall–Kier alpha value is -1.03. The first-order valence-corrected chi connectivity index (χ1v) is 7.33. The molecule has 0 saturated heterocycles. The van der Waals surface area contributed by atoms with Gasteiger partial charge in [-0.2, -0.15) is 0 Å². The summed E-state index contributed by atoms with van der Waals surface area (Å²) in [5, 5.41) is 0. The van der Waals surface area contributed by atoms with Crippen LogP contribution in [0.25, 0.3) is 0 Å². The van der Waals surface area contributed by atoms with E-state index in [9.17, 15) is 8.42 Å². The third-order valence-corrected chi connectivity index (χ3v) is 4.33. The number of unbranched alkanes of at least 4 members (excludes halogenated alkanes) is 1. The van der Waals surface area contributed by atoms with Crippen molar-refractivity contribution in [2.24, 2.45) is 0 Å². The first kappa shape index (κ1) is 13.0. The van der Waals surface area contributed by atoms with Crippen LogP contribution in [0.5, 0.6) is 0 Å². The van der Waals surface area contributed by atoms with Crippen molar-refractivity contribution in [3.8, 4) is 0 Å². The van der Waals surface area contributed by atoms with Crippen molar-refractivity contribution in [2.45, 2.75) is 32.4 Å². The highest BCUT2D eigenvalue weighted by Crippen LogP contribution is 2.18. The normalized spacial score (nSPS) is 11.6. The maximum atomic E-state index is 11.8. The van der Waals surface area contributed by atoms with Gasteiger partial charge in [-0.25, -0.2) is 8.42 Å². The van der Waals surface area contributed by atoms with E-state index in [1.54, 1.807) is 12.1 Å². The van der Waals surface area contributed by atoms with E-state index in [0.29, 0.717) is 5.69 Å². The molecule has 0 unspecified atom stereocenters. The van der Waals surface area contributed by atoms with Crippen LogP contribution in [0.1, 0.15) is 30.9 Å². The van der Waals surface area contributed by atoms with Crippen LogP contribution in [0.3, 0.4) is 0 Å². The second-order valence-corrected chi connectivity index (χ2v) is 6.26. The minimum Gasteiger partial charge on any atom is -0.399 e. The molecular weight excluding hydrogens is 222 g/mol. The monoisotopic (exact) mass is 241 g/mol. The van der Waals surface area contributed by atoms with Crippen LogP contribution < -0.4 is 5.73 Å². The van der Waals surface area contributed by atoms with E-state index in [-0.39, 0.29) is 11.5 Å². The first-order chi connectivity index (χ1) is 7.46. The lowest BCUT2D eigenvalue weighted by atomic mass is 10.1. The minimum atomic E-state index is -2.99. The van der Waals surface area contributed by atoms with Gasteiger partial charge in [0, 0.05) is 5.69 Å². The zero-order valence-corrected chi connectivity index (χ0v) is 10.7.